The standard InChI is InChI=1S/C11H10Br2N2O3S/c12-8-2-1-3-9(13)11(8)15-6-7-4-5-10(18-7)19(14,16)17/h1-5,15H,6H2,(H2,14,16,17). The highest BCUT2D eigenvalue weighted by molar-refractivity contribution is 9.11. The van der Waals surface area contributed by atoms with Crippen LogP contribution in [0.15, 0.2) is 48.8 Å². The number of nitrogens with one attached hydrogen (secondary N) is 1. The molecule has 0 amide bonds. The number of hydrogen-bond acceptors (Lipinski definition) is 4. The van der Waals surface area contributed by atoms with Gasteiger partial charge in [0.15, 0.2) is 0 Å². The molecule has 3 N–H and O–H groups in total. The monoisotopic (exact) mass is 408 g/mol. The van der Waals surface area contributed by atoms with Gasteiger partial charge in [-0.2, -0.15) is 0 Å². The molecule has 0 atom stereocenters. The Kier molecular flexibility index (Phi) is 4.34. The highest BCUT2D eigenvalue weighted by atomic mass is 79.9. The van der Waals surface area contributed by atoms with Crippen LogP contribution in [-0.4, -0.2) is 8.42 Å². The Morgan fingerprint density at radius 3 is 2.32 bits per heavy atom. The summed E-state index contributed by atoms with van der Waals surface area (Å²) in [4.78, 5) is 0. The van der Waals surface area contributed by atoms with Crippen molar-refractivity contribution in [1.29, 1.82) is 0 Å². The number of primary sulfonamides is 1. The van der Waals surface area contributed by atoms with Crippen LogP contribution in [0.2, 0.25) is 0 Å². The number of nitrogens with two attached hydrogens (primary N) is 1. The van der Waals surface area contributed by atoms with Crippen LogP contribution in [0.25, 0.3) is 0 Å². The van der Waals surface area contributed by atoms with Gasteiger partial charge >= 0.3 is 0 Å². The Labute approximate surface area is 127 Å². The zero-order valence-corrected chi connectivity index (χ0v) is 13.5. The molecule has 1 heterocycles. The van der Waals surface area contributed by atoms with Crippen LogP contribution in [-0.2, 0) is 16.6 Å². The Hall–Kier alpha value is -0.830. The molecule has 0 saturated heterocycles. The van der Waals surface area contributed by atoms with Gasteiger partial charge in [0.2, 0.25) is 5.09 Å². The number of halogens is 2. The molecule has 5 nitrogen and oxygen atoms in total. The quantitative estimate of drug-likeness (QED) is 0.812. The van der Waals surface area contributed by atoms with Crippen molar-refractivity contribution in [3.8, 4) is 0 Å². The van der Waals surface area contributed by atoms with Crippen LogP contribution >= 0.6 is 31.9 Å². The molecule has 8 heteroatoms. The van der Waals surface area contributed by atoms with E-state index in [1.54, 1.807) is 6.07 Å². The molecule has 0 unspecified atom stereocenters. The zero-order chi connectivity index (χ0) is 14.0. The van der Waals surface area contributed by atoms with E-state index in [-0.39, 0.29) is 5.09 Å². The average molecular weight is 410 g/mol. The molecule has 1 aromatic carbocycles. The third kappa shape index (κ3) is 3.59. The third-order valence-electron chi connectivity index (χ3n) is 2.32. The lowest BCUT2D eigenvalue weighted by Crippen LogP contribution is -2.10. The predicted octanol–water partition coefficient (Wildman–Crippen LogP) is 3.06. The lowest BCUT2D eigenvalue weighted by atomic mass is 10.3. The van der Waals surface area contributed by atoms with E-state index in [2.05, 4.69) is 37.2 Å². The molecule has 0 radical (unpaired) electrons. The number of benzene rings is 1. The number of hydrogen-bond donors (Lipinski definition) is 2. The Morgan fingerprint density at radius 2 is 1.79 bits per heavy atom. The molecule has 0 aliphatic rings. The third-order valence-corrected chi connectivity index (χ3v) is 4.42. The lowest BCUT2D eigenvalue weighted by Gasteiger charge is -2.09. The molecule has 0 spiro atoms. The van der Waals surface area contributed by atoms with Gasteiger partial charge in [-0.05, 0) is 56.1 Å². The summed E-state index contributed by atoms with van der Waals surface area (Å²) in [6, 6.07) is 8.58. The van der Waals surface area contributed by atoms with Gasteiger partial charge in [-0.25, -0.2) is 13.6 Å². The van der Waals surface area contributed by atoms with E-state index >= 15 is 0 Å². The topological polar surface area (TPSA) is 85.3 Å². The highest BCUT2D eigenvalue weighted by Crippen LogP contribution is 2.31. The van der Waals surface area contributed by atoms with Gasteiger partial charge < -0.3 is 9.73 Å². The van der Waals surface area contributed by atoms with Gasteiger partial charge in [0, 0.05) is 8.95 Å². The van der Waals surface area contributed by atoms with Crippen molar-refractivity contribution in [1.82, 2.24) is 0 Å². The Morgan fingerprint density at radius 1 is 1.16 bits per heavy atom. The predicted molar refractivity (Wildman–Crippen MR) is 79.2 cm³/mol. The van der Waals surface area contributed by atoms with E-state index in [9.17, 15) is 8.42 Å². The molecule has 19 heavy (non-hydrogen) atoms. The molecule has 2 rings (SSSR count). The van der Waals surface area contributed by atoms with Gasteiger partial charge in [0.1, 0.15) is 5.76 Å². The number of anilines is 1. The minimum absolute atomic E-state index is 0.240. The van der Waals surface area contributed by atoms with Crippen molar-refractivity contribution >= 4 is 47.6 Å². The van der Waals surface area contributed by atoms with Gasteiger partial charge in [-0.1, -0.05) is 6.07 Å². The second-order valence-electron chi connectivity index (χ2n) is 3.72. The molecular weight excluding hydrogens is 400 g/mol. The van der Waals surface area contributed by atoms with E-state index in [1.807, 2.05) is 18.2 Å². The summed E-state index contributed by atoms with van der Waals surface area (Å²) in [5.41, 5.74) is 0.857. The first-order chi connectivity index (χ1) is 8.88. The largest absolute Gasteiger partial charge is 0.446 e. The smallest absolute Gasteiger partial charge is 0.271 e. The van der Waals surface area contributed by atoms with Crippen molar-refractivity contribution in [2.24, 2.45) is 5.14 Å². The molecule has 0 fully saturated rings. The average Bonchev–Trinajstić information content (AvgIpc) is 2.77. The summed E-state index contributed by atoms with van der Waals surface area (Å²) in [5.74, 6) is 0.478. The van der Waals surface area contributed by atoms with Crippen LogP contribution in [0.1, 0.15) is 5.76 Å². The maximum absolute atomic E-state index is 11.1. The minimum atomic E-state index is -3.79. The minimum Gasteiger partial charge on any atom is -0.446 e. The molecular formula is C11H10Br2N2O3S. The Bertz CT molecular complexity index is 677. The second-order valence-corrected chi connectivity index (χ2v) is 6.92. The fourth-order valence-electron chi connectivity index (χ4n) is 1.45. The fraction of sp³-hybridized carbons (Fsp3) is 0.0909. The van der Waals surface area contributed by atoms with Gasteiger partial charge in [0.05, 0.1) is 12.2 Å². The van der Waals surface area contributed by atoms with E-state index in [0.717, 1.165) is 14.6 Å². The summed E-state index contributed by atoms with van der Waals surface area (Å²) in [6.45, 7) is 0.344. The first-order valence-corrected chi connectivity index (χ1v) is 8.30. The molecule has 0 bridgehead atoms. The number of para-hydroxylation sites is 1. The van der Waals surface area contributed by atoms with E-state index in [0.29, 0.717) is 12.3 Å². The highest BCUT2D eigenvalue weighted by Gasteiger charge is 2.13. The van der Waals surface area contributed by atoms with Crippen LogP contribution in [0.4, 0.5) is 5.69 Å². The first-order valence-electron chi connectivity index (χ1n) is 5.17. The van der Waals surface area contributed by atoms with Crippen LogP contribution < -0.4 is 10.5 Å². The maximum Gasteiger partial charge on any atom is 0.271 e. The van der Waals surface area contributed by atoms with E-state index in [1.165, 1.54) is 6.07 Å². The molecule has 0 aliphatic heterocycles. The van der Waals surface area contributed by atoms with Crippen molar-refractivity contribution in [2.45, 2.75) is 11.6 Å². The summed E-state index contributed by atoms with van der Waals surface area (Å²) in [5, 5.41) is 7.87. The first kappa shape index (κ1) is 14.6. The molecule has 2 aromatic rings. The summed E-state index contributed by atoms with van der Waals surface area (Å²) < 4.78 is 29.1. The van der Waals surface area contributed by atoms with Crippen LogP contribution in [0.5, 0.6) is 0 Å². The molecule has 0 aliphatic carbocycles. The number of furan rings is 1. The zero-order valence-electron chi connectivity index (χ0n) is 9.56. The number of sulfonamides is 1. The van der Waals surface area contributed by atoms with E-state index < -0.39 is 10.0 Å². The molecule has 1 aromatic heterocycles. The maximum atomic E-state index is 11.1. The van der Waals surface area contributed by atoms with E-state index in [4.69, 9.17) is 9.56 Å². The molecule has 0 saturated carbocycles. The SMILES string of the molecule is NS(=O)(=O)c1ccc(CNc2c(Br)cccc2Br)o1. The summed E-state index contributed by atoms with van der Waals surface area (Å²) in [7, 11) is -3.79. The Balaban J connectivity index is 2.13. The summed E-state index contributed by atoms with van der Waals surface area (Å²) in [6.07, 6.45) is 0. The van der Waals surface area contributed by atoms with Crippen molar-refractivity contribution < 1.29 is 12.8 Å². The van der Waals surface area contributed by atoms with Gasteiger partial charge in [-0.3, -0.25) is 0 Å². The van der Waals surface area contributed by atoms with Gasteiger partial charge in [-0.15, -0.1) is 0 Å². The fourth-order valence-corrected chi connectivity index (χ4v) is 3.21. The van der Waals surface area contributed by atoms with Crippen LogP contribution in [0.3, 0.4) is 0 Å². The number of rotatable bonds is 4. The lowest BCUT2D eigenvalue weighted by molar-refractivity contribution is 0.419. The van der Waals surface area contributed by atoms with Crippen LogP contribution in [0, 0.1) is 0 Å². The van der Waals surface area contributed by atoms with Crippen molar-refractivity contribution in [2.75, 3.05) is 5.32 Å². The second kappa shape index (κ2) is 5.66. The van der Waals surface area contributed by atoms with Crippen molar-refractivity contribution in [3.05, 3.63) is 45.0 Å². The van der Waals surface area contributed by atoms with Crippen molar-refractivity contribution in [3.63, 3.8) is 0 Å². The van der Waals surface area contributed by atoms with Gasteiger partial charge in [0.25, 0.3) is 10.0 Å². The normalized spacial score (nSPS) is 11.5. The summed E-state index contributed by atoms with van der Waals surface area (Å²) >= 11 is 6.84. The molecule has 102 valence electrons.